The molecule has 0 saturated heterocycles. The molecule has 1 aromatic carbocycles. The molecule has 0 aliphatic rings. The Labute approximate surface area is 117 Å². The number of carboxylic acids is 1. The van der Waals surface area contributed by atoms with Crippen LogP contribution in [-0.2, 0) is 10.0 Å². The monoisotopic (exact) mass is 303 g/mol. The van der Waals surface area contributed by atoms with E-state index in [2.05, 4.69) is 4.72 Å². The molecule has 7 heteroatoms. The number of nitrogens with one attached hydrogen (secondary N) is 1. The highest BCUT2D eigenvalue weighted by Crippen LogP contribution is 2.19. The van der Waals surface area contributed by atoms with Gasteiger partial charge in [-0.2, -0.15) is 0 Å². The zero-order valence-electron chi connectivity index (χ0n) is 11.6. The number of carboxylic acid groups (broad SMARTS) is 1. The molecule has 1 aromatic rings. The minimum absolute atomic E-state index is 0.0655. The highest BCUT2D eigenvalue weighted by atomic mass is 32.2. The van der Waals surface area contributed by atoms with Crippen molar-refractivity contribution in [3.05, 3.63) is 29.6 Å². The van der Waals surface area contributed by atoms with Crippen LogP contribution in [0.2, 0.25) is 0 Å². The molecule has 5 nitrogen and oxygen atoms in total. The van der Waals surface area contributed by atoms with Gasteiger partial charge < -0.3 is 5.11 Å². The summed E-state index contributed by atoms with van der Waals surface area (Å²) in [4.78, 5) is 10.2. The second kappa shape index (κ2) is 5.88. The minimum atomic E-state index is -4.06. The lowest BCUT2D eigenvalue weighted by Crippen LogP contribution is -2.28. The summed E-state index contributed by atoms with van der Waals surface area (Å²) in [5.74, 6) is -2.28. The van der Waals surface area contributed by atoms with E-state index in [4.69, 9.17) is 5.11 Å². The molecule has 112 valence electrons. The van der Waals surface area contributed by atoms with Crippen molar-refractivity contribution >= 4 is 16.0 Å². The van der Waals surface area contributed by atoms with Crippen LogP contribution in [0.1, 0.15) is 37.6 Å². The molecular weight excluding hydrogens is 285 g/mol. The summed E-state index contributed by atoms with van der Waals surface area (Å²) < 4.78 is 39.8. The van der Waals surface area contributed by atoms with E-state index in [1.807, 2.05) is 20.8 Å². The first kappa shape index (κ1) is 16.6. The highest BCUT2D eigenvalue weighted by molar-refractivity contribution is 7.89. The molecule has 0 bridgehead atoms. The van der Waals surface area contributed by atoms with Gasteiger partial charge in [0.25, 0.3) is 0 Å². The first-order chi connectivity index (χ1) is 9.03. The smallest absolute Gasteiger partial charge is 0.335 e. The second-order valence-electron chi connectivity index (χ2n) is 5.66. The van der Waals surface area contributed by atoms with Gasteiger partial charge >= 0.3 is 5.97 Å². The quantitative estimate of drug-likeness (QED) is 0.873. The van der Waals surface area contributed by atoms with Crippen molar-refractivity contribution < 1.29 is 22.7 Å². The lowest BCUT2D eigenvalue weighted by atomic mass is 9.93. The molecule has 0 aliphatic carbocycles. The molecule has 0 radical (unpaired) electrons. The van der Waals surface area contributed by atoms with Crippen LogP contribution >= 0.6 is 0 Å². The topological polar surface area (TPSA) is 83.5 Å². The number of sulfonamides is 1. The van der Waals surface area contributed by atoms with Crippen LogP contribution in [0.5, 0.6) is 0 Å². The van der Waals surface area contributed by atoms with Gasteiger partial charge in [-0.3, -0.25) is 0 Å². The maximum Gasteiger partial charge on any atom is 0.335 e. The number of hydrogen-bond acceptors (Lipinski definition) is 3. The summed E-state index contributed by atoms with van der Waals surface area (Å²) in [6.45, 7) is 6.01. The Morgan fingerprint density at radius 2 is 1.95 bits per heavy atom. The van der Waals surface area contributed by atoms with Crippen LogP contribution in [0, 0.1) is 11.2 Å². The predicted octanol–water partition coefficient (Wildman–Crippen LogP) is 2.24. The molecule has 0 fully saturated rings. The molecule has 2 N–H and O–H groups in total. The van der Waals surface area contributed by atoms with Gasteiger partial charge in [-0.05, 0) is 30.0 Å². The number of hydrogen-bond donors (Lipinski definition) is 2. The van der Waals surface area contributed by atoms with E-state index >= 15 is 0 Å². The van der Waals surface area contributed by atoms with E-state index in [0.29, 0.717) is 6.42 Å². The Kier molecular flexibility index (Phi) is 4.88. The first-order valence-electron chi connectivity index (χ1n) is 6.05. The Balaban J connectivity index is 2.97. The summed E-state index contributed by atoms with van der Waals surface area (Å²) >= 11 is 0. The van der Waals surface area contributed by atoms with Gasteiger partial charge in [0.15, 0.2) is 0 Å². The van der Waals surface area contributed by atoms with Crippen molar-refractivity contribution in [2.24, 2.45) is 5.41 Å². The maximum absolute atomic E-state index is 13.6. The van der Waals surface area contributed by atoms with Crippen molar-refractivity contribution in [3.63, 3.8) is 0 Å². The molecule has 1 rings (SSSR count). The Morgan fingerprint density at radius 1 is 1.35 bits per heavy atom. The van der Waals surface area contributed by atoms with Crippen LogP contribution in [0.3, 0.4) is 0 Å². The maximum atomic E-state index is 13.6. The SMILES string of the molecule is CC(C)(C)CCNS(=O)(=O)c1cc(C(=O)O)ccc1F. The summed E-state index contributed by atoms with van der Waals surface area (Å²) in [5.41, 5.74) is -0.341. The molecule has 0 aliphatic heterocycles. The van der Waals surface area contributed by atoms with Gasteiger partial charge in [0.2, 0.25) is 10.0 Å². The second-order valence-corrected chi connectivity index (χ2v) is 7.39. The van der Waals surface area contributed by atoms with Gasteiger partial charge in [0.05, 0.1) is 5.56 Å². The summed E-state index contributed by atoms with van der Waals surface area (Å²) in [5, 5.41) is 8.81. The van der Waals surface area contributed by atoms with Crippen molar-refractivity contribution in [1.82, 2.24) is 4.72 Å². The fourth-order valence-electron chi connectivity index (χ4n) is 1.48. The number of benzene rings is 1. The van der Waals surface area contributed by atoms with E-state index in [1.165, 1.54) is 0 Å². The van der Waals surface area contributed by atoms with E-state index in [1.54, 1.807) is 0 Å². The standard InChI is InChI=1S/C13H18FNO4S/c1-13(2,3)6-7-15-20(18,19)11-8-9(12(16)17)4-5-10(11)14/h4-5,8,15H,6-7H2,1-3H3,(H,16,17). The Morgan fingerprint density at radius 3 is 2.45 bits per heavy atom. The molecule has 0 heterocycles. The molecule has 20 heavy (non-hydrogen) atoms. The fraction of sp³-hybridized carbons (Fsp3) is 0.462. The summed E-state index contributed by atoms with van der Waals surface area (Å²) in [7, 11) is -4.06. The third-order valence-corrected chi connectivity index (χ3v) is 4.11. The van der Waals surface area contributed by atoms with Crippen LogP contribution in [0.25, 0.3) is 0 Å². The van der Waals surface area contributed by atoms with Crippen LogP contribution < -0.4 is 4.72 Å². The third kappa shape index (κ3) is 4.57. The minimum Gasteiger partial charge on any atom is -0.478 e. The summed E-state index contributed by atoms with van der Waals surface area (Å²) in [6, 6.07) is 2.67. The van der Waals surface area contributed by atoms with Crippen molar-refractivity contribution in [3.8, 4) is 0 Å². The highest BCUT2D eigenvalue weighted by Gasteiger charge is 2.21. The molecule has 0 saturated carbocycles. The van der Waals surface area contributed by atoms with E-state index in [0.717, 1.165) is 18.2 Å². The molecule has 0 spiro atoms. The number of carbonyl (C=O) groups is 1. The first-order valence-corrected chi connectivity index (χ1v) is 7.54. The van der Waals surface area contributed by atoms with Gasteiger partial charge in [-0.25, -0.2) is 22.3 Å². The zero-order chi connectivity index (χ0) is 15.6. The average molecular weight is 303 g/mol. The van der Waals surface area contributed by atoms with Crippen LogP contribution in [0.15, 0.2) is 23.1 Å². The Hall–Kier alpha value is -1.47. The lowest BCUT2D eigenvalue weighted by molar-refractivity contribution is 0.0696. The van der Waals surface area contributed by atoms with E-state index in [9.17, 15) is 17.6 Å². The normalized spacial score (nSPS) is 12.4. The summed E-state index contributed by atoms with van der Waals surface area (Å²) in [6.07, 6.45) is 0.576. The predicted molar refractivity (Wildman–Crippen MR) is 72.6 cm³/mol. The van der Waals surface area contributed by atoms with Crippen molar-refractivity contribution in [2.45, 2.75) is 32.1 Å². The average Bonchev–Trinajstić information content (AvgIpc) is 2.26. The molecular formula is C13H18FNO4S. The molecule has 0 aromatic heterocycles. The van der Waals surface area contributed by atoms with E-state index in [-0.39, 0.29) is 17.5 Å². The van der Waals surface area contributed by atoms with Gasteiger partial charge in [0.1, 0.15) is 10.7 Å². The van der Waals surface area contributed by atoms with Gasteiger partial charge in [-0.1, -0.05) is 20.8 Å². The van der Waals surface area contributed by atoms with Crippen molar-refractivity contribution in [1.29, 1.82) is 0 Å². The van der Waals surface area contributed by atoms with E-state index < -0.39 is 26.7 Å². The number of halogens is 1. The zero-order valence-corrected chi connectivity index (χ0v) is 12.4. The van der Waals surface area contributed by atoms with Crippen molar-refractivity contribution in [2.75, 3.05) is 6.54 Å². The van der Waals surface area contributed by atoms with Gasteiger partial charge in [0, 0.05) is 6.54 Å². The molecule has 0 atom stereocenters. The molecule has 0 unspecified atom stereocenters. The number of rotatable bonds is 5. The largest absolute Gasteiger partial charge is 0.478 e. The third-order valence-electron chi connectivity index (χ3n) is 2.63. The Bertz CT molecular complexity index is 605. The molecule has 0 amide bonds. The lowest BCUT2D eigenvalue weighted by Gasteiger charge is -2.18. The van der Waals surface area contributed by atoms with Crippen LogP contribution in [-0.4, -0.2) is 26.0 Å². The van der Waals surface area contributed by atoms with Gasteiger partial charge in [-0.15, -0.1) is 0 Å². The fourth-order valence-corrected chi connectivity index (χ4v) is 2.61. The number of aromatic carboxylic acids is 1. The van der Waals surface area contributed by atoms with Crippen LogP contribution in [0.4, 0.5) is 4.39 Å².